The molecule has 1 aliphatic heterocycles. The highest BCUT2D eigenvalue weighted by Crippen LogP contribution is 2.30. The average Bonchev–Trinajstić information content (AvgIpc) is 3.34. The Kier molecular flexibility index (Phi) is 5.23. The monoisotopic (exact) mass is 416 g/mol. The molecule has 1 aliphatic rings. The molecular formula is C21H24N2O5S. The molecule has 1 fully saturated rings. The van der Waals surface area contributed by atoms with Crippen LogP contribution in [-0.2, 0) is 16.6 Å². The van der Waals surface area contributed by atoms with Crippen molar-refractivity contribution in [3.63, 3.8) is 0 Å². The fourth-order valence-electron chi connectivity index (χ4n) is 3.61. The van der Waals surface area contributed by atoms with Gasteiger partial charge in [-0.2, -0.15) is 4.31 Å². The Hall–Kier alpha value is -2.58. The van der Waals surface area contributed by atoms with Crippen LogP contribution in [0.5, 0.6) is 0 Å². The lowest BCUT2D eigenvalue weighted by Crippen LogP contribution is -2.37. The van der Waals surface area contributed by atoms with Gasteiger partial charge in [0.1, 0.15) is 11.3 Å². The number of hydrogen-bond acceptors (Lipinski definition) is 5. The Balaban J connectivity index is 1.59. The predicted octanol–water partition coefficient (Wildman–Crippen LogP) is 3.68. The summed E-state index contributed by atoms with van der Waals surface area (Å²) in [4.78, 5) is 12.7. The maximum atomic E-state index is 13.0. The Bertz CT molecular complexity index is 1120. The van der Waals surface area contributed by atoms with Gasteiger partial charge in [0.2, 0.25) is 10.0 Å². The van der Waals surface area contributed by atoms with Gasteiger partial charge in [-0.05, 0) is 56.0 Å². The van der Waals surface area contributed by atoms with E-state index in [-0.39, 0.29) is 23.1 Å². The van der Waals surface area contributed by atoms with Crippen LogP contribution in [-0.4, -0.2) is 31.7 Å². The number of nitrogens with zero attached hydrogens (tertiary/aromatic N) is 1. The number of piperidine rings is 1. The number of aryl methyl sites for hydroxylation is 1. The highest BCUT2D eigenvalue weighted by atomic mass is 32.2. The Labute approximate surface area is 169 Å². The number of rotatable bonds is 5. The zero-order valence-corrected chi connectivity index (χ0v) is 17.3. The number of fused-ring (bicyclic) bond motifs is 1. The van der Waals surface area contributed by atoms with Crippen LogP contribution in [0, 0.1) is 12.8 Å². The van der Waals surface area contributed by atoms with Gasteiger partial charge in [-0.25, -0.2) is 8.42 Å². The number of carbonyl (C=O) groups is 1. The summed E-state index contributed by atoms with van der Waals surface area (Å²) in [5.74, 6) is 0.982. The summed E-state index contributed by atoms with van der Waals surface area (Å²) in [5.41, 5.74) is 1.10. The van der Waals surface area contributed by atoms with Gasteiger partial charge in [-0.1, -0.05) is 6.92 Å². The van der Waals surface area contributed by atoms with Gasteiger partial charge >= 0.3 is 0 Å². The van der Waals surface area contributed by atoms with Crippen LogP contribution in [0.4, 0.5) is 0 Å². The SMILES string of the molecule is Cc1c(C(=O)NCc2ccco2)oc2ccc(S(=O)(=O)N3CCC(C)CC3)cc12. The molecule has 0 bridgehead atoms. The van der Waals surface area contributed by atoms with Crippen LogP contribution in [0.2, 0.25) is 0 Å². The number of benzene rings is 1. The van der Waals surface area contributed by atoms with Crippen LogP contribution < -0.4 is 5.32 Å². The second-order valence-corrected chi connectivity index (χ2v) is 9.50. The van der Waals surface area contributed by atoms with E-state index < -0.39 is 10.0 Å². The maximum absolute atomic E-state index is 13.0. The number of amides is 1. The van der Waals surface area contributed by atoms with E-state index in [4.69, 9.17) is 8.83 Å². The lowest BCUT2D eigenvalue weighted by molar-refractivity contribution is 0.0921. The molecule has 0 atom stereocenters. The third-order valence-corrected chi connectivity index (χ3v) is 7.39. The summed E-state index contributed by atoms with van der Waals surface area (Å²) >= 11 is 0. The van der Waals surface area contributed by atoms with E-state index in [2.05, 4.69) is 12.2 Å². The molecule has 29 heavy (non-hydrogen) atoms. The molecule has 1 N–H and O–H groups in total. The smallest absolute Gasteiger partial charge is 0.287 e. The molecule has 2 aromatic heterocycles. The Morgan fingerprint density at radius 3 is 2.69 bits per heavy atom. The molecule has 8 heteroatoms. The summed E-state index contributed by atoms with van der Waals surface area (Å²) in [6.07, 6.45) is 3.28. The van der Waals surface area contributed by atoms with Crippen molar-refractivity contribution in [3.8, 4) is 0 Å². The zero-order chi connectivity index (χ0) is 20.6. The standard InChI is InChI=1S/C21H24N2O5S/c1-14-7-9-23(10-8-14)29(25,26)17-5-6-19-18(12-17)15(2)20(28-19)21(24)22-13-16-4-3-11-27-16/h3-6,11-12,14H,7-10,13H2,1-2H3,(H,22,24). The normalized spacial score (nSPS) is 16.3. The van der Waals surface area contributed by atoms with Crippen LogP contribution in [0.15, 0.2) is 50.3 Å². The third-order valence-electron chi connectivity index (χ3n) is 5.50. The van der Waals surface area contributed by atoms with Crippen molar-refractivity contribution in [2.45, 2.75) is 38.1 Å². The number of furan rings is 2. The predicted molar refractivity (Wildman–Crippen MR) is 108 cm³/mol. The van der Waals surface area contributed by atoms with Gasteiger partial charge in [0.15, 0.2) is 5.76 Å². The first kappa shape index (κ1) is 19.7. The molecule has 154 valence electrons. The summed E-state index contributed by atoms with van der Waals surface area (Å²) in [6.45, 7) is 5.21. The van der Waals surface area contributed by atoms with Crippen LogP contribution in [0.25, 0.3) is 11.0 Å². The van der Waals surface area contributed by atoms with E-state index in [0.717, 1.165) is 12.8 Å². The molecule has 7 nitrogen and oxygen atoms in total. The van der Waals surface area contributed by atoms with E-state index >= 15 is 0 Å². The Morgan fingerprint density at radius 2 is 2.00 bits per heavy atom. The minimum atomic E-state index is -3.57. The second kappa shape index (κ2) is 7.68. The second-order valence-electron chi connectivity index (χ2n) is 7.56. The molecule has 1 aromatic carbocycles. The molecule has 3 heterocycles. The zero-order valence-electron chi connectivity index (χ0n) is 16.5. The highest BCUT2D eigenvalue weighted by Gasteiger charge is 2.29. The van der Waals surface area contributed by atoms with Gasteiger partial charge in [0.05, 0.1) is 17.7 Å². The van der Waals surface area contributed by atoms with E-state index in [1.807, 2.05) is 0 Å². The number of carbonyl (C=O) groups excluding carboxylic acids is 1. The molecule has 0 saturated carbocycles. The van der Waals surface area contributed by atoms with Crippen molar-refractivity contribution < 1.29 is 22.0 Å². The molecule has 0 spiro atoms. The van der Waals surface area contributed by atoms with Crippen molar-refractivity contribution in [3.05, 3.63) is 53.7 Å². The minimum absolute atomic E-state index is 0.174. The van der Waals surface area contributed by atoms with Crippen LogP contribution >= 0.6 is 0 Å². The number of sulfonamides is 1. The minimum Gasteiger partial charge on any atom is -0.467 e. The van der Waals surface area contributed by atoms with Gasteiger partial charge < -0.3 is 14.2 Å². The molecule has 0 aliphatic carbocycles. The fraction of sp³-hybridized carbons (Fsp3) is 0.381. The molecule has 1 amide bonds. The molecule has 0 unspecified atom stereocenters. The molecule has 3 aromatic rings. The topological polar surface area (TPSA) is 92.8 Å². The lowest BCUT2D eigenvalue weighted by Gasteiger charge is -2.29. The maximum Gasteiger partial charge on any atom is 0.287 e. The Morgan fingerprint density at radius 1 is 1.24 bits per heavy atom. The third kappa shape index (κ3) is 3.82. The van der Waals surface area contributed by atoms with E-state index in [1.165, 1.54) is 0 Å². The largest absolute Gasteiger partial charge is 0.467 e. The van der Waals surface area contributed by atoms with E-state index in [9.17, 15) is 13.2 Å². The molecule has 4 rings (SSSR count). The quantitative estimate of drug-likeness (QED) is 0.685. The van der Waals surface area contributed by atoms with Gasteiger partial charge in [0, 0.05) is 24.0 Å². The van der Waals surface area contributed by atoms with Gasteiger partial charge in [0.25, 0.3) is 5.91 Å². The van der Waals surface area contributed by atoms with E-state index in [0.29, 0.717) is 41.3 Å². The first-order chi connectivity index (χ1) is 13.9. The first-order valence-corrected chi connectivity index (χ1v) is 11.1. The lowest BCUT2D eigenvalue weighted by atomic mass is 10.0. The van der Waals surface area contributed by atoms with Crippen LogP contribution in [0.3, 0.4) is 0 Å². The summed E-state index contributed by atoms with van der Waals surface area (Å²) in [5, 5.41) is 3.38. The average molecular weight is 416 g/mol. The molecule has 0 radical (unpaired) electrons. The summed E-state index contributed by atoms with van der Waals surface area (Å²) in [7, 11) is -3.57. The van der Waals surface area contributed by atoms with Crippen molar-refractivity contribution in [2.75, 3.05) is 13.1 Å². The van der Waals surface area contributed by atoms with Crippen molar-refractivity contribution in [1.29, 1.82) is 0 Å². The first-order valence-electron chi connectivity index (χ1n) is 9.70. The van der Waals surface area contributed by atoms with Crippen molar-refractivity contribution in [2.24, 2.45) is 5.92 Å². The fourth-order valence-corrected chi connectivity index (χ4v) is 5.11. The molecular weight excluding hydrogens is 392 g/mol. The molecule has 1 saturated heterocycles. The van der Waals surface area contributed by atoms with Crippen molar-refractivity contribution >= 4 is 26.9 Å². The number of hydrogen-bond donors (Lipinski definition) is 1. The van der Waals surface area contributed by atoms with E-state index in [1.54, 1.807) is 47.8 Å². The highest BCUT2D eigenvalue weighted by molar-refractivity contribution is 7.89. The van der Waals surface area contributed by atoms with Gasteiger partial charge in [-0.3, -0.25) is 4.79 Å². The summed E-state index contributed by atoms with van der Waals surface area (Å²) < 4.78 is 38.5. The number of nitrogens with one attached hydrogen (secondary N) is 1. The van der Waals surface area contributed by atoms with Crippen LogP contribution in [0.1, 0.15) is 41.6 Å². The summed E-state index contributed by atoms with van der Waals surface area (Å²) in [6, 6.07) is 8.28. The van der Waals surface area contributed by atoms with Crippen molar-refractivity contribution in [1.82, 2.24) is 9.62 Å². The van der Waals surface area contributed by atoms with Gasteiger partial charge in [-0.15, -0.1) is 0 Å².